The Labute approximate surface area is 197 Å². The molecule has 1 fully saturated rings. The fourth-order valence-corrected chi connectivity index (χ4v) is 4.18. The molecule has 2 aromatic carbocycles. The molecular formula is C25H26ClNO6. The summed E-state index contributed by atoms with van der Waals surface area (Å²) in [5, 5.41) is 11.6. The number of likely N-dealkylation sites (tertiary alicyclic amines) is 1. The van der Waals surface area contributed by atoms with Crippen molar-refractivity contribution in [2.24, 2.45) is 0 Å². The summed E-state index contributed by atoms with van der Waals surface area (Å²) in [7, 11) is 2.93. The minimum absolute atomic E-state index is 0.0584. The van der Waals surface area contributed by atoms with Crippen molar-refractivity contribution >= 4 is 29.1 Å². The number of ketones is 1. The number of carbonyl (C=O) groups excluding carboxylic acids is 2. The van der Waals surface area contributed by atoms with Crippen LogP contribution in [-0.2, 0) is 14.3 Å². The Morgan fingerprint density at radius 3 is 2.67 bits per heavy atom. The number of ether oxygens (including phenoxy) is 3. The first-order chi connectivity index (χ1) is 15.8. The number of methoxy groups -OCH3 is 2. The molecule has 2 aromatic rings. The van der Waals surface area contributed by atoms with E-state index in [0.29, 0.717) is 17.9 Å². The zero-order valence-corrected chi connectivity index (χ0v) is 19.5. The SMILES string of the molecule is C=CCOc1cccc(C2/C(=C(\O)c3cc(C)cc(Cl)c3OC)C(=O)C(=O)N2CCOC)c1. The number of hydrogen-bond acceptors (Lipinski definition) is 6. The molecule has 3 rings (SSSR count). The summed E-state index contributed by atoms with van der Waals surface area (Å²) >= 11 is 6.31. The summed E-state index contributed by atoms with van der Waals surface area (Å²) in [4.78, 5) is 27.5. The number of aryl methyl sites for hydroxylation is 1. The molecule has 1 atom stereocenters. The number of aliphatic hydroxyl groups is 1. The van der Waals surface area contributed by atoms with E-state index in [4.69, 9.17) is 25.8 Å². The molecule has 0 bridgehead atoms. The summed E-state index contributed by atoms with van der Waals surface area (Å²) in [6.07, 6.45) is 1.62. The van der Waals surface area contributed by atoms with Crippen LogP contribution in [0.5, 0.6) is 11.5 Å². The maximum atomic E-state index is 13.1. The molecule has 1 unspecified atom stereocenters. The van der Waals surface area contributed by atoms with Crippen LogP contribution in [0.3, 0.4) is 0 Å². The van der Waals surface area contributed by atoms with Gasteiger partial charge in [0.1, 0.15) is 23.9 Å². The zero-order chi connectivity index (χ0) is 24.1. The number of carbonyl (C=O) groups is 2. The predicted octanol–water partition coefficient (Wildman–Crippen LogP) is 4.29. The highest BCUT2D eigenvalue weighted by molar-refractivity contribution is 6.46. The topological polar surface area (TPSA) is 85.3 Å². The minimum Gasteiger partial charge on any atom is -0.507 e. The van der Waals surface area contributed by atoms with Gasteiger partial charge in [-0.1, -0.05) is 36.4 Å². The van der Waals surface area contributed by atoms with E-state index in [1.54, 1.807) is 49.4 Å². The van der Waals surface area contributed by atoms with E-state index in [2.05, 4.69) is 6.58 Å². The van der Waals surface area contributed by atoms with Gasteiger partial charge in [0.15, 0.2) is 0 Å². The smallest absolute Gasteiger partial charge is 0.295 e. The van der Waals surface area contributed by atoms with Crippen LogP contribution in [0.2, 0.25) is 5.02 Å². The largest absolute Gasteiger partial charge is 0.507 e. The van der Waals surface area contributed by atoms with Crippen molar-refractivity contribution in [3.8, 4) is 11.5 Å². The Bertz CT molecular complexity index is 1110. The van der Waals surface area contributed by atoms with Crippen LogP contribution < -0.4 is 9.47 Å². The van der Waals surface area contributed by atoms with Gasteiger partial charge in [-0.3, -0.25) is 9.59 Å². The maximum absolute atomic E-state index is 13.1. The molecule has 1 aliphatic rings. The van der Waals surface area contributed by atoms with Crippen molar-refractivity contribution in [3.63, 3.8) is 0 Å². The van der Waals surface area contributed by atoms with Gasteiger partial charge in [-0.2, -0.15) is 0 Å². The van der Waals surface area contributed by atoms with Gasteiger partial charge in [0.25, 0.3) is 11.7 Å². The summed E-state index contributed by atoms with van der Waals surface area (Å²) in [6, 6.07) is 9.51. The number of rotatable bonds is 9. The van der Waals surface area contributed by atoms with Gasteiger partial charge in [-0.15, -0.1) is 0 Å². The first kappa shape index (κ1) is 24.4. The first-order valence-electron chi connectivity index (χ1n) is 10.3. The van der Waals surface area contributed by atoms with Crippen LogP contribution in [0.4, 0.5) is 0 Å². The van der Waals surface area contributed by atoms with Crippen LogP contribution in [0.25, 0.3) is 5.76 Å². The number of benzene rings is 2. The van der Waals surface area contributed by atoms with Crippen LogP contribution in [0.1, 0.15) is 22.7 Å². The van der Waals surface area contributed by atoms with E-state index in [0.717, 1.165) is 5.56 Å². The van der Waals surface area contributed by atoms with E-state index in [1.165, 1.54) is 19.1 Å². The molecule has 33 heavy (non-hydrogen) atoms. The molecule has 0 radical (unpaired) electrons. The van der Waals surface area contributed by atoms with Crippen molar-refractivity contribution in [3.05, 3.63) is 76.3 Å². The average Bonchev–Trinajstić information content (AvgIpc) is 3.05. The van der Waals surface area contributed by atoms with Crippen molar-refractivity contribution in [1.29, 1.82) is 0 Å². The highest BCUT2D eigenvalue weighted by Crippen LogP contribution is 2.43. The molecule has 0 saturated carbocycles. The third-order valence-corrected chi connectivity index (χ3v) is 5.55. The molecule has 8 heteroatoms. The number of hydrogen-bond donors (Lipinski definition) is 1. The monoisotopic (exact) mass is 471 g/mol. The van der Waals surface area contributed by atoms with Crippen molar-refractivity contribution < 1.29 is 28.9 Å². The number of halogens is 1. The Balaban J connectivity index is 2.23. The van der Waals surface area contributed by atoms with Crippen molar-refractivity contribution in [1.82, 2.24) is 4.90 Å². The average molecular weight is 472 g/mol. The lowest BCUT2D eigenvalue weighted by molar-refractivity contribution is -0.140. The lowest BCUT2D eigenvalue weighted by Crippen LogP contribution is -2.32. The molecule has 1 heterocycles. The summed E-state index contributed by atoms with van der Waals surface area (Å²) in [5.74, 6) is -1.14. The van der Waals surface area contributed by atoms with Crippen molar-refractivity contribution in [2.45, 2.75) is 13.0 Å². The van der Waals surface area contributed by atoms with Crippen LogP contribution in [0, 0.1) is 6.92 Å². The normalized spacial score (nSPS) is 17.3. The van der Waals surface area contributed by atoms with Crippen LogP contribution in [-0.4, -0.2) is 55.7 Å². The Morgan fingerprint density at radius 1 is 1.24 bits per heavy atom. The van der Waals surface area contributed by atoms with Gasteiger partial charge < -0.3 is 24.2 Å². The number of amides is 1. The Kier molecular flexibility index (Phi) is 7.79. The number of Topliss-reactive ketones (excluding diaryl/α,β-unsaturated/α-hetero) is 1. The summed E-state index contributed by atoms with van der Waals surface area (Å²) in [6.45, 7) is 6.12. The Hall–Kier alpha value is -3.29. The number of nitrogens with zero attached hydrogens (tertiary/aromatic N) is 1. The van der Waals surface area contributed by atoms with Crippen molar-refractivity contribution in [2.75, 3.05) is 34.0 Å². The van der Waals surface area contributed by atoms with Gasteiger partial charge in [0.2, 0.25) is 0 Å². The summed E-state index contributed by atoms with van der Waals surface area (Å²) in [5.41, 5.74) is 1.53. The third-order valence-electron chi connectivity index (χ3n) is 5.27. The van der Waals surface area contributed by atoms with Gasteiger partial charge in [-0.05, 0) is 42.3 Å². The Morgan fingerprint density at radius 2 is 2.00 bits per heavy atom. The lowest BCUT2D eigenvalue weighted by atomic mass is 9.94. The highest BCUT2D eigenvalue weighted by atomic mass is 35.5. The van der Waals surface area contributed by atoms with Gasteiger partial charge in [0.05, 0.1) is 35.9 Å². The maximum Gasteiger partial charge on any atom is 0.295 e. The molecule has 174 valence electrons. The van der Waals surface area contributed by atoms with E-state index >= 15 is 0 Å². The van der Waals surface area contributed by atoms with E-state index in [-0.39, 0.29) is 40.8 Å². The standard InChI is InChI=1S/C25H26ClNO6/c1-5-10-33-17-8-6-7-16(14-17)21-20(23(29)25(30)27(21)9-11-31-3)22(28)18-12-15(2)13-19(26)24(18)32-4/h5-8,12-14,21,28H,1,9-11H2,2-4H3/b22-20+. The predicted molar refractivity (Wildman–Crippen MR) is 126 cm³/mol. The van der Waals surface area contributed by atoms with Crippen LogP contribution in [0.15, 0.2) is 54.6 Å². The molecule has 1 N–H and O–H groups in total. The zero-order valence-electron chi connectivity index (χ0n) is 18.8. The summed E-state index contributed by atoms with van der Waals surface area (Å²) < 4.78 is 16.2. The fraction of sp³-hybridized carbons (Fsp3) is 0.280. The highest BCUT2D eigenvalue weighted by Gasteiger charge is 2.46. The minimum atomic E-state index is -0.851. The molecule has 0 spiro atoms. The van der Waals surface area contributed by atoms with E-state index in [1.807, 2.05) is 0 Å². The molecule has 0 aromatic heterocycles. The van der Waals surface area contributed by atoms with Gasteiger partial charge in [0, 0.05) is 13.7 Å². The van der Waals surface area contributed by atoms with E-state index in [9.17, 15) is 14.7 Å². The van der Waals surface area contributed by atoms with Gasteiger partial charge in [-0.25, -0.2) is 0 Å². The molecular weight excluding hydrogens is 446 g/mol. The fourth-order valence-electron chi connectivity index (χ4n) is 3.83. The second-order valence-electron chi connectivity index (χ2n) is 7.49. The third kappa shape index (κ3) is 4.89. The van der Waals surface area contributed by atoms with Crippen LogP contribution >= 0.6 is 11.6 Å². The quantitative estimate of drug-likeness (QED) is 0.254. The molecule has 1 amide bonds. The molecule has 7 nitrogen and oxygen atoms in total. The number of aliphatic hydroxyl groups excluding tert-OH is 1. The first-order valence-corrected chi connectivity index (χ1v) is 10.7. The second kappa shape index (κ2) is 10.6. The second-order valence-corrected chi connectivity index (χ2v) is 7.89. The molecule has 0 aliphatic carbocycles. The molecule has 1 saturated heterocycles. The lowest BCUT2D eigenvalue weighted by Gasteiger charge is -2.25. The van der Waals surface area contributed by atoms with Gasteiger partial charge >= 0.3 is 0 Å². The molecule has 1 aliphatic heterocycles. The van der Waals surface area contributed by atoms with E-state index < -0.39 is 17.7 Å².